The van der Waals surface area contributed by atoms with E-state index in [1.165, 1.54) is 24.5 Å². The Hall–Kier alpha value is -2.63. The number of hydrogen-bond acceptors (Lipinski definition) is 9. The summed E-state index contributed by atoms with van der Waals surface area (Å²) in [5.41, 5.74) is 1.64. The van der Waals surface area contributed by atoms with Gasteiger partial charge in [-0.2, -0.15) is 0 Å². The molecule has 5 N–H and O–H groups in total. The van der Waals surface area contributed by atoms with Crippen LogP contribution in [-0.2, 0) is 16.9 Å². The lowest BCUT2D eigenvalue weighted by molar-refractivity contribution is -0.357. The van der Waals surface area contributed by atoms with E-state index in [0.717, 1.165) is 5.56 Å². The molecular weight excluding hydrogens is 452 g/mol. The van der Waals surface area contributed by atoms with Gasteiger partial charge in [0.05, 0.1) is 12.8 Å². The van der Waals surface area contributed by atoms with Gasteiger partial charge in [0.25, 0.3) is 0 Å². The Labute approximate surface area is 194 Å². The molecule has 1 aromatic heterocycles. The van der Waals surface area contributed by atoms with E-state index in [-0.39, 0.29) is 5.56 Å². The van der Waals surface area contributed by atoms with Crippen molar-refractivity contribution in [1.82, 2.24) is 9.97 Å². The minimum Gasteiger partial charge on any atom is -0.438 e. The standard InChI is InChI=1S/C23H23ClN2O7/c24-17-6-3-15(23(31)22(30)21(29)20(28)18(12-27)33-23)10-14(17)9-13-1-4-16(5-2-13)32-19-11-25-7-8-26-19/h1-8,10-11,18,20-22,27-31H,9,12H2/t18-,20-,21+,22-,23-/m1/s1. The minimum absolute atomic E-state index is 0.126. The van der Waals surface area contributed by atoms with Crippen LogP contribution in [0.3, 0.4) is 0 Å². The molecule has 0 unspecified atom stereocenters. The third kappa shape index (κ3) is 4.85. The van der Waals surface area contributed by atoms with Crippen molar-refractivity contribution >= 4 is 11.6 Å². The molecule has 2 aromatic carbocycles. The first kappa shape index (κ1) is 23.5. The fourth-order valence-electron chi connectivity index (χ4n) is 3.68. The lowest BCUT2D eigenvalue weighted by Crippen LogP contribution is -2.63. The number of ether oxygens (including phenoxy) is 2. The molecule has 174 valence electrons. The summed E-state index contributed by atoms with van der Waals surface area (Å²) in [4.78, 5) is 8.00. The van der Waals surface area contributed by atoms with E-state index < -0.39 is 36.8 Å². The summed E-state index contributed by atoms with van der Waals surface area (Å²) >= 11 is 6.36. The van der Waals surface area contributed by atoms with Gasteiger partial charge < -0.3 is 35.0 Å². The van der Waals surface area contributed by atoms with E-state index in [4.69, 9.17) is 21.1 Å². The molecule has 3 aromatic rings. The number of aliphatic hydroxyl groups is 5. The normalized spacial score (nSPS) is 27.3. The molecule has 0 bridgehead atoms. The summed E-state index contributed by atoms with van der Waals surface area (Å²) < 4.78 is 11.0. The topological polar surface area (TPSA) is 145 Å². The van der Waals surface area contributed by atoms with Crippen LogP contribution in [-0.4, -0.2) is 66.5 Å². The maximum absolute atomic E-state index is 11.0. The van der Waals surface area contributed by atoms with Crippen LogP contribution in [0.25, 0.3) is 0 Å². The molecular formula is C23H23ClN2O7. The average Bonchev–Trinajstić information content (AvgIpc) is 2.83. The van der Waals surface area contributed by atoms with Crippen LogP contribution in [0.4, 0.5) is 0 Å². The van der Waals surface area contributed by atoms with Crippen LogP contribution < -0.4 is 4.74 Å². The zero-order valence-corrected chi connectivity index (χ0v) is 18.1. The van der Waals surface area contributed by atoms with Crippen molar-refractivity contribution in [2.45, 2.75) is 36.6 Å². The Kier molecular flexibility index (Phi) is 6.91. The lowest BCUT2D eigenvalue weighted by Gasteiger charge is -2.45. The fourth-order valence-corrected chi connectivity index (χ4v) is 3.86. The quantitative estimate of drug-likeness (QED) is 0.355. The van der Waals surface area contributed by atoms with Crippen molar-refractivity contribution in [2.24, 2.45) is 0 Å². The average molecular weight is 475 g/mol. The van der Waals surface area contributed by atoms with E-state index in [0.29, 0.717) is 28.6 Å². The summed E-state index contributed by atoms with van der Waals surface area (Å²) in [6.45, 7) is -0.656. The smallest absolute Gasteiger partial charge is 0.237 e. The van der Waals surface area contributed by atoms with Gasteiger partial charge in [-0.1, -0.05) is 29.8 Å². The van der Waals surface area contributed by atoms with Gasteiger partial charge in [-0.15, -0.1) is 0 Å². The highest BCUT2D eigenvalue weighted by Gasteiger charge is 2.53. The first-order valence-corrected chi connectivity index (χ1v) is 10.6. The van der Waals surface area contributed by atoms with E-state index in [1.807, 2.05) is 12.1 Å². The van der Waals surface area contributed by atoms with Gasteiger partial charge in [0.1, 0.15) is 30.2 Å². The van der Waals surface area contributed by atoms with E-state index in [1.54, 1.807) is 24.4 Å². The zero-order valence-electron chi connectivity index (χ0n) is 17.3. The molecule has 9 nitrogen and oxygen atoms in total. The van der Waals surface area contributed by atoms with Crippen molar-refractivity contribution < 1.29 is 35.0 Å². The Morgan fingerprint density at radius 1 is 1.03 bits per heavy atom. The predicted molar refractivity (Wildman–Crippen MR) is 117 cm³/mol. The Morgan fingerprint density at radius 2 is 1.79 bits per heavy atom. The van der Waals surface area contributed by atoms with Gasteiger partial charge in [-0.05, 0) is 41.8 Å². The monoisotopic (exact) mass is 474 g/mol. The number of nitrogens with zero attached hydrogens (tertiary/aromatic N) is 2. The number of aromatic nitrogens is 2. The number of hydrogen-bond donors (Lipinski definition) is 5. The van der Waals surface area contributed by atoms with Crippen LogP contribution in [0.1, 0.15) is 16.7 Å². The van der Waals surface area contributed by atoms with E-state index in [9.17, 15) is 25.5 Å². The molecule has 1 saturated heterocycles. The summed E-state index contributed by atoms with van der Waals surface area (Å²) in [5.74, 6) is -1.40. The number of rotatable bonds is 6. The minimum atomic E-state index is -2.35. The second-order valence-corrected chi connectivity index (χ2v) is 8.14. The Bertz CT molecular complexity index is 1080. The highest BCUT2D eigenvalue weighted by atomic mass is 35.5. The molecule has 33 heavy (non-hydrogen) atoms. The predicted octanol–water partition coefficient (Wildman–Crippen LogP) is 1.13. The second kappa shape index (κ2) is 9.70. The Balaban J connectivity index is 1.55. The molecule has 1 aliphatic heterocycles. The van der Waals surface area contributed by atoms with Crippen LogP contribution in [0.2, 0.25) is 5.02 Å². The van der Waals surface area contributed by atoms with Gasteiger partial charge in [0, 0.05) is 23.0 Å². The largest absolute Gasteiger partial charge is 0.438 e. The zero-order chi connectivity index (χ0) is 23.6. The van der Waals surface area contributed by atoms with Crippen molar-refractivity contribution in [2.75, 3.05) is 6.61 Å². The van der Waals surface area contributed by atoms with Crippen LogP contribution in [0.15, 0.2) is 61.1 Å². The molecule has 0 radical (unpaired) electrons. The van der Waals surface area contributed by atoms with Gasteiger partial charge >= 0.3 is 0 Å². The number of benzene rings is 2. The third-order valence-electron chi connectivity index (χ3n) is 5.51. The number of halogens is 1. The van der Waals surface area contributed by atoms with E-state index in [2.05, 4.69) is 9.97 Å². The summed E-state index contributed by atoms with van der Waals surface area (Å²) in [6.07, 6.45) is -1.43. The molecule has 2 heterocycles. The highest BCUT2D eigenvalue weighted by Crippen LogP contribution is 2.38. The van der Waals surface area contributed by atoms with Crippen LogP contribution in [0.5, 0.6) is 11.6 Å². The summed E-state index contributed by atoms with van der Waals surface area (Å²) in [6, 6.07) is 11.8. The molecule has 0 amide bonds. The first-order valence-electron chi connectivity index (χ1n) is 10.2. The van der Waals surface area contributed by atoms with Gasteiger partial charge in [-0.25, -0.2) is 4.98 Å². The van der Waals surface area contributed by atoms with Gasteiger partial charge in [-0.3, -0.25) is 4.98 Å². The first-order chi connectivity index (χ1) is 15.8. The van der Waals surface area contributed by atoms with Crippen molar-refractivity contribution in [3.8, 4) is 11.6 Å². The SMILES string of the molecule is OC[C@H]1O[C@](O)(c2ccc(Cl)c(Cc3ccc(Oc4cnccn4)cc3)c2)[C@H](O)[C@@H](O)[C@@H]1O. The highest BCUT2D eigenvalue weighted by molar-refractivity contribution is 6.31. The van der Waals surface area contributed by atoms with Crippen molar-refractivity contribution in [3.63, 3.8) is 0 Å². The molecule has 4 rings (SSSR count). The van der Waals surface area contributed by atoms with Crippen LogP contribution >= 0.6 is 11.6 Å². The third-order valence-corrected chi connectivity index (χ3v) is 5.87. The van der Waals surface area contributed by atoms with Crippen molar-refractivity contribution in [3.05, 3.63) is 82.8 Å². The second-order valence-electron chi connectivity index (χ2n) is 7.73. The van der Waals surface area contributed by atoms with Crippen LogP contribution in [0, 0.1) is 0 Å². The summed E-state index contributed by atoms with van der Waals surface area (Å²) in [5, 5.41) is 51.4. The maximum Gasteiger partial charge on any atom is 0.237 e. The Morgan fingerprint density at radius 3 is 2.45 bits per heavy atom. The van der Waals surface area contributed by atoms with Gasteiger partial charge in [0.15, 0.2) is 0 Å². The molecule has 1 aliphatic rings. The molecule has 0 aliphatic carbocycles. The number of aliphatic hydroxyl groups excluding tert-OH is 4. The maximum atomic E-state index is 11.0. The van der Waals surface area contributed by atoms with Gasteiger partial charge in [0.2, 0.25) is 11.7 Å². The molecule has 0 saturated carbocycles. The molecule has 1 fully saturated rings. The van der Waals surface area contributed by atoms with E-state index >= 15 is 0 Å². The molecule has 10 heteroatoms. The fraction of sp³-hybridized carbons (Fsp3) is 0.304. The molecule has 0 spiro atoms. The molecule has 5 atom stereocenters. The lowest BCUT2D eigenvalue weighted by atomic mass is 9.87. The summed E-state index contributed by atoms with van der Waals surface area (Å²) in [7, 11) is 0. The van der Waals surface area contributed by atoms with Crippen molar-refractivity contribution in [1.29, 1.82) is 0 Å².